The Morgan fingerprint density at radius 2 is 2.25 bits per heavy atom. The molecule has 0 bridgehead atoms. The molecule has 1 N–H and O–H groups in total. The van der Waals surface area contributed by atoms with Crippen LogP contribution in [0.5, 0.6) is 0 Å². The van der Waals surface area contributed by atoms with Gasteiger partial charge in [0.1, 0.15) is 0 Å². The maximum Gasteiger partial charge on any atom is 0.0193 e. The van der Waals surface area contributed by atoms with Gasteiger partial charge in [0.2, 0.25) is 0 Å². The Labute approximate surface area is 76.3 Å². The minimum atomic E-state index is 0.729. The van der Waals surface area contributed by atoms with E-state index in [1.165, 1.54) is 32.5 Å². The van der Waals surface area contributed by atoms with Gasteiger partial charge in [0.25, 0.3) is 0 Å². The lowest BCUT2D eigenvalue weighted by atomic mass is 10.1. The second-order valence-corrected chi connectivity index (χ2v) is 3.81. The lowest BCUT2D eigenvalue weighted by molar-refractivity contribution is 0.148. The van der Waals surface area contributed by atoms with Crippen LogP contribution >= 0.6 is 0 Å². The van der Waals surface area contributed by atoms with E-state index in [1.54, 1.807) is 0 Å². The van der Waals surface area contributed by atoms with Crippen molar-refractivity contribution >= 4 is 0 Å². The molecule has 1 heterocycles. The number of hydrogen-bond donors (Lipinski definition) is 1. The van der Waals surface area contributed by atoms with Crippen molar-refractivity contribution in [3.05, 3.63) is 0 Å². The van der Waals surface area contributed by atoms with Gasteiger partial charge in [-0.1, -0.05) is 13.8 Å². The SMILES string of the molecule is CCC1CN(C(C)CC)CCN1. The number of piperazine rings is 1. The molecule has 0 aromatic carbocycles. The molecule has 0 saturated carbocycles. The first-order valence-corrected chi connectivity index (χ1v) is 5.25. The predicted molar refractivity (Wildman–Crippen MR) is 53.4 cm³/mol. The van der Waals surface area contributed by atoms with E-state index in [0.717, 1.165) is 12.1 Å². The van der Waals surface area contributed by atoms with Crippen molar-refractivity contribution in [2.45, 2.75) is 45.7 Å². The molecular formula is C10H22N2. The average molecular weight is 170 g/mol. The Morgan fingerprint density at radius 3 is 2.83 bits per heavy atom. The van der Waals surface area contributed by atoms with E-state index in [1.807, 2.05) is 0 Å². The Kier molecular flexibility index (Phi) is 4.02. The molecule has 0 aromatic rings. The summed E-state index contributed by atoms with van der Waals surface area (Å²) < 4.78 is 0. The van der Waals surface area contributed by atoms with Gasteiger partial charge < -0.3 is 5.32 Å². The summed E-state index contributed by atoms with van der Waals surface area (Å²) in [6.45, 7) is 10.5. The number of rotatable bonds is 3. The summed E-state index contributed by atoms with van der Waals surface area (Å²) in [5.74, 6) is 0. The molecule has 0 aromatic heterocycles. The molecule has 0 aliphatic carbocycles. The largest absolute Gasteiger partial charge is 0.311 e. The Hall–Kier alpha value is -0.0800. The fourth-order valence-corrected chi connectivity index (χ4v) is 1.78. The second kappa shape index (κ2) is 4.83. The summed E-state index contributed by atoms with van der Waals surface area (Å²) in [6, 6.07) is 1.49. The molecular weight excluding hydrogens is 148 g/mol. The van der Waals surface area contributed by atoms with Crippen LogP contribution in [0.4, 0.5) is 0 Å². The smallest absolute Gasteiger partial charge is 0.0193 e. The summed E-state index contributed by atoms with van der Waals surface area (Å²) in [6.07, 6.45) is 2.53. The zero-order valence-corrected chi connectivity index (χ0v) is 8.64. The highest BCUT2D eigenvalue weighted by molar-refractivity contribution is 4.79. The molecule has 2 unspecified atom stereocenters. The summed E-state index contributed by atoms with van der Waals surface area (Å²) in [5, 5.41) is 3.54. The summed E-state index contributed by atoms with van der Waals surface area (Å²) in [7, 11) is 0. The number of hydrogen-bond acceptors (Lipinski definition) is 2. The van der Waals surface area contributed by atoms with Crippen LogP contribution in [0.1, 0.15) is 33.6 Å². The first kappa shape index (κ1) is 10.0. The molecule has 2 nitrogen and oxygen atoms in total. The van der Waals surface area contributed by atoms with Crippen molar-refractivity contribution < 1.29 is 0 Å². The van der Waals surface area contributed by atoms with Crippen molar-refractivity contribution in [3.8, 4) is 0 Å². The van der Waals surface area contributed by atoms with Crippen LogP contribution in [-0.2, 0) is 0 Å². The van der Waals surface area contributed by atoms with Gasteiger partial charge in [-0.3, -0.25) is 4.90 Å². The maximum absolute atomic E-state index is 3.54. The van der Waals surface area contributed by atoms with Gasteiger partial charge in [0.05, 0.1) is 0 Å². The monoisotopic (exact) mass is 170 g/mol. The fraction of sp³-hybridized carbons (Fsp3) is 1.00. The molecule has 0 amide bonds. The van der Waals surface area contributed by atoms with Gasteiger partial charge in [-0.15, -0.1) is 0 Å². The van der Waals surface area contributed by atoms with Gasteiger partial charge >= 0.3 is 0 Å². The van der Waals surface area contributed by atoms with Crippen molar-refractivity contribution in [2.75, 3.05) is 19.6 Å². The van der Waals surface area contributed by atoms with Crippen molar-refractivity contribution in [2.24, 2.45) is 0 Å². The molecule has 0 spiro atoms. The fourth-order valence-electron chi connectivity index (χ4n) is 1.78. The molecule has 1 fully saturated rings. The summed E-state index contributed by atoms with van der Waals surface area (Å²) in [4.78, 5) is 2.60. The highest BCUT2D eigenvalue weighted by Crippen LogP contribution is 2.08. The van der Waals surface area contributed by atoms with Gasteiger partial charge in [-0.05, 0) is 19.8 Å². The number of nitrogens with one attached hydrogen (secondary N) is 1. The third kappa shape index (κ3) is 2.46. The average Bonchev–Trinajstić information content (AvgIpc) is 2.17. The van der Waals surface area contributed by atoms with Crippen LogP contribution in [0.2, 0.25) is 0 Å². The van der Waals surface area contributed by atoms with E-state index >= 15 is 0 Å². The third-order valence-corrected chi connectivity index (χ3v) is 2.99. The normalized spacial score (nSPS) is 28.8. The minimum absolute atomic E-state index is 0.729. The van der Waals surface area contributed by atoms with Crippen molar-refractivity contribution in [3.63, 3.8) is 0 Å². The predicted octanol–water partition coefficient (Wildman–Crippen LogP) is 1.47. The molecule has 2 heteroatoms. The van der Waals surface area contributed by atoms with Gasteiger partial charge in [0, 0.05) is 31.7 Å². The van der Waals surface area contributed by atoms with E-state index in [-0.39, 0.29) is 0 Å². The molecule has 1 aliphatic heterocycles. The van der Waals surface area contributed by atoms with E-state index in [9.17, 15) is 0 Å². The molecule has 12 heavy (non-hydrogen) atoms. The van der Waals surface area contributed by atoms with E-state index in [2.05, 4.69) is 31.0 Å². The van der Waals surface area contributed by atoms with Gasteiger partial charge in [0.15, 0.2) is 0 Å². The molecule has 0 radical (unpaired) electrons. The lowest BCUT2D eigenvalue weighted by Crippen LogP contribution is -2.52. The molecule has 1 saturated heterocycles. The molecule has 72 valence electrons. The topological polar surface area (TPSA) is 15.3 Å². The van der Waals surface area contributed by atoms with Gasteiger partial charge in [-0.2, -0.15) is 0 Å². The van der Waals surface area contributed by atoms with Crippen LogP contribution < -0.4 is 5.32 Å². The quantitative estimate of drug-likeness (QED) is 0.690. The van der Waals surface area contributed by atoms with E-state index in [4.69, 9.17) is 0 Å². The molecule has 1 rings (SSSR count). The van der Waals surface area contributed by atoms with E-state index < -0.39 is 0 Å². The minimum Gasteiger partial charge on any atom is -0.311 e. The van der Waals surface area contributed by atoms with Crippen molar-refractivity contribution in [1.82, 2.24) is 10.2 Å². The molecule has 2 atom stereocenters. The van der Waals surface area contributed by atoms with Crippen LogP contribution in [0.15, 0.2) is 0 Å². The highest BCUT2D eigenvalue weighted by Gasteiger charge is 2.20. The first-order chi connectivity index (χ1) is 5.77. The summed E-state index contributed by atoms with van der Waals surface area (Å²) >= 11 is 0. The third-order valence-electron chi connectivity index (χ3n) is 2.99. The summed E-state index contributed by atoms with van der Waals surface area (Å²) in [5.41, 5.74) is 0. The van der Waals surface area contributed by atoms with Crippen LogP contribution in [-0.4, -0.2) is 36.6 Å². The van der Waals surface area contributed by atoms with Gasteiger partial charge in [-0.25, -0.2) is 0 Å². The van der Waals surface area contributed by atoms with Crippen LogP contribution in [0, 0.1) is 0 Å². The second-order valence-electron chi connectivity index (χ2n) is 3.81. The van der Waals surface area contributed by atoms with Crippen molar-refractivity contribution in [1.29, 1.82) is 0 Å². The standard InChI is InChI=1S/C10H22N2/c1-4-9(3)12-7-6-11-10(5-2)8-12/h9-11H,4-8H2,1-3H3. The van der Waals surface area contributed by atoms with Crippen LogP contribution in [0.3, 0.4) is 0 Å². The Bertz CT molecular complexity index is 123. The zero-order valence-electron chi connectivity index (χ0n) is 8.64. The molecule has 1 aliphatic rings. The number of nitrogens with zero attached hydrogens (tertiary/aromatic N) is 1. The Balaban J connectivity index is 2.34. The van der Waals surface area contributed by atoms with Crippen LogP contribution in [0.25, 0.3) is 0 Å². The first-order valence-electron chi connectivity index (χ1n) is 5.25. The maximum atomic E-state index is 3.54. The zero-order chi connectivity index (χ0) is 8.97. The highest BCUT2D eigenvalue weighted by atomic mass is 15.2. The lowest BCUT2D eigenvalue weighted by Gasteiger charge is -2.36. The van der Waals surface area contributed by atoms with E-state index in [0.29, 0.717) is 0 Å². The Morgan fingerprint density at radius 1 is 1.50 bits per heavy atom.